The molecule has 2 aromatic carbocycles. The van der Waals surface area contributed by atoms with Gasteiger partial charge in [-0.25, -0.2) is 4.39 Å². The molecule has 1 saturated heterocycles. The highest BCUT2D eigenvalue weighted by molar-refractivity contribution is 5.98. The molecule has 0 bridgehead atoms. The fourth-order valence-corrected chi connectivity index (χ4v) is 4.43. The van der Waals surface area contributed by atoms with E-state index in [2.05, 4.69) is 5.32 Å². The van der Waals surface area contributed by atoms with Crippen LogP contribution in [0.4, 0.5) is 4.39 Å². The Bertz CT molecular complexity index is 1310. The number of rotatable bonds is 8. The molecule has 4 aromatic rings. The van der Waals surface area contributed by atoms with E-state index in [1.165, 1.54) is 12.1 Å². The Balaban J connectivity index is 1.37. The SMILES string of the molecule is O=C(NCCCN1CCCC1=O)c1cc2oc(-c3ccc(F)cc3)cc2n1Cc1ccccc1. The molecule has 2 amide bonds. The number of carbonyl (C=O) groups excluding carboxylic acids is 2. The third-order valence-corrected chi connectivity index (χ3v) is 6.20. The number of hydrogen-bond acceptors (Lipinski definition) is 3. The summed E-state index contributed by atoms with van der Waals surface area (Å²) in [6.45, 7) is 2.46. The lowest BCUT2D eigenvalue weighted by Gasteiger charge is -2.15. The predicted octanol–water partition coefficient (Wildman–Crippen LogP) is 4.83. The van der Waals surface area contributed by atoms with Crippen molar-refractivity contribution in [2.24, 2.45) is 0 Å². The molecule has 34 heavy (non-hydrogen) atoms. The molecule has 1 N–H and O–H groups in total. The van der Waals surface area contributed by atoms with Gasteiger partial charge < -0.3 is 19.2 Å². The van der Waals surface area contributed by atoms with Gasteiger partial charge in [-0.15, -0.1) is 0 Å². The summed E-state index contributed by atoms with van der Waals surface area (Å²) in [4.78, 5) is 26.7. The minimum Gasteiger partial charge on any atom is -0.454 e. The number of benzene rings is 2. The summed E-state index contributed by atoms with van der Waals surface area (Å²) in [6.07, 6.45) is 2.25. The van der Waals surface area contributed by atoms with Crippen LogP contribution in [0, 0.1) is 5.82 Å². The number of fused-ring (bicyclic) bond motifs is 1. The van der Waals surface area contributed by atoms with Gasteiger partial charge in [0.05, 0.1) is 5.52 Å². The van der Waals surface area contributed by atoms with Crippen molar-refractivity contribution in [1.82, 2.24) is 14.8 Å². The van der Waals surface area contributed by atoms with Crippen molar-refractivity contribution < 1.29 is 18.4 Å². The number of carbonyl (C=O) groups is 2. The Kier molecular flexibility index (Phi) is 6.16. The maximum atomic E-state index is 13.3. The molecule has 174 valence electrons. The molecule has 0 atom stereocenters. The van der Waals surface area contributed by atoms with E-state index in [-0.39, 0.29) is 17.6 Å². The number of nitrogens with one attached hydrogen (secondary N) is 1. The van der Waals surface area contributed by atoms with E-state index >= 15 is 0 Å². The van der Waals surface area contributed by atoms with E-state index in [1.54, 1.807) is 18.2 Å². The third kappa shape index (κ3) is 4.59. The fourth-order valence-electron chi connectivity index (χ4n) is 4.43. The van der Waals surface area contributed by atoms with Gasteiger partial charge in [-0.05, 0) is 42.7 Å². The van der Waals surface area contributed by atoms with Crippen molar-refractivity contribution in [3.63, 3.8) is 0 Å². The van der Waals surface area contributed by atoms with Crippen LogP contribution in [0.3, 0.4) is 0 Å². The summed E-state index contributed by atoms with van der Waals surface area (Å²) in [5, 5.41) is 2.99. The van der Waals surface area contributed by atoms with Gasteiger partial charge in [-0.3, -0.25) is 9.59 Å². The van der Waals surface area contributed by atoms with Crippen LogP contribution in [0.15, 0.2) is 71.1 Å². The zero-order valence-corrected chi connectivity index (χ0v) is 18.8. The topological polar surface area (TPSA) is 67.5 Å². The summed E-state index contributed by atoms with van der Waals surface area (Å²) in [5.41, 5.74) is 3.75. The Morgan fingerprint density at radius 2 is 1.85 bits per heavy atom. The van der Waals surface area contributed by atoms with Crippen LogP contribution in [0.1, 0.15) is 35.3 Å². The van der Waals surface area contributed by atoms with Crippen LogP contribution in [0.25, 0.3) is 22.4 Å². The Morgan fingerprint density at radius 3 is 2.59 bits per heavy atom. The molecule has 0 unspecified atom stereocenters. The number of nitrogens with zero attached hydrogens (tertiary/aromatic N) is 2. The normalized spacial score (nSPS) is 13.7. The fraction of sp³-hybridized carbons (Fsp3) is 0.259. The van der Waals surface area contributed by atoms with Crippen LogP contribution >= 0.6 is 0 Å². The molecule has 5 rings (SSSR count). The molecule has 1 aliphatic heterocycles. The number of halogens is 1. The second-order valence-electron chi connectivity index (χ2n) is 8.56. The van der Waals surface area contributed by atoms with Gasteiger partial charge in [-0.1, -0.05) is 30.3 Å². The monoisotopic (exact) mass is 459 g/mol. The molecule has 1 fully saturated rings. The Morgan fingerprint density at radius 1 is 1.06 bits per heavy atom. The third-order valence-electron chi connectivity index (χ3n) is 6.20. The molecule has 1 aliphatic rings. The second kappa shape index (κ2) is 9.55. The molecular weight excluding hydrogens is 433 g/mol. The molecule has 0 aliphatic carbocycles. The number of hydrogen-bond donors (Lipinski definition) is 1. The first kappa shape index (κ1) is 21.9. The van der Waals surface area contributed by atoms with Gasteiger partial charge in [-0.2, -0.15) is 0 Å². The van der Waals surface area contributed by atoms with Crippen LogP contribution in [0.5, 0.6) is 0 Å². The first-order valence-corrected chi connectivity index (χ1v) is 11.6. The standard InChI is InChI=1S/C27H26FN3O3/c28-21-11-9-20(10-12-21)24-16-22-25(34-24)17-23(31(22)18-19-6-2-1-3-7-19)27(33)29-13-5-15-30-14-4-8-26(30)32/h1-3,6-7,9-12,16-17H,4-5,8,13-15,18H2,(H,29,33). The van der Waals surface area contributed by atoms with E-state index in [0.717, 1.165) is 29.6 Å². The maximum absolute atomic E-state index is 13.3. The molecule has 2 aromatic heterocycles. The molecule has 0 spiro atoms. The lowest BCUT2D eigenvalue weighted by molar-refractivity contribution is -0.127. The number of likely N-dealkylation sites (tertiary alicyclic amines) is 1. The van der Waals surface area contributed by atoms with Gasteiger partial charge >= 0.3 is 0 Å². The molecule has 6 nitrogen and oxygen atoms in total. The van der Waals surface area contributed by atoms with E-state index in [4.69, 9.17) is 4.42 Å². The summed E-state index contributed by atoms with van der Waals surface area (Å²) >= 11 is 0. The van der Waals surface area contributed by atoms with Crippen LogP contribution < -0.4 is 5.32 Å². The Labute approximate surface area is 197 Å². The smallest absolute Gasteiger partial charge is 0.268 e. The van der Waals surface area contributed by atoms with Crippen LogP contribution in [-0.2, 0) is 11.3 Å². The van der Waals surface area contributed by atoms with Crippen molar-refractivity contribution in [2.45, 2.75) is 25.8 Å². The van der Waals surface area contributed by atoms with E-state index in [1.807, 2.05) is 45.9 Å². The van der Waals surface area contributed by atoms with Crippen molar-refractivity contribution in [3.05, 3.63) is 83.8 Å². The number of amides is 2. The highest BCUT2D eigenvalue weighted by Gasteiger charge is 2.21. The van der Waals surface area contributed by atoms with Crippen LogP contribution in [0.2, 0.25) is 0 Å². The minimum absolute atomic E-state index is 0.182. The van der Waals surface area contributed by atoms with Gasteiger partial charge in [0.2, 0.25) is 5.91 Å². The first-order valence-electron chi connectivity index (χ1n) is 11.6. The zero-order chi connectivity index (χ0) is 23.5. The lowest BCUT2D eigenvalue weighted by Crippen LogP contribution is -2.31. The average Bonchev–Trinajstić information content (AvgIpc) is 3.53. The van der Waals surface area contributed by atoms with Gasteiger partial charge in [0.1, 0.15) is 17.3 Å². The van der Waals surface area contributed by atoms with Crippen molar-refractivity contribution in [1.29, 1.82) is 0 Å². The van der Waals surface area contributed by atoms with E-state index in [0.29, 0.717) is 49.5 Å². The maximum Gasteiger partial charge on any atom is 0.268 e. The average molecular weight is 460 g/mol. The van der Waals surface area contributed by atoms with Crippen molar-refractivity contribution in [2.75, 3.05) is 19.6 Å². The predicted molar refractivity (Wildman–Crippen MR) is 128 cm³/mol. The molecule has 3 heterocycles. The molecule has 7 heteroatoms. The van der Waals surface area contributed by atoms with Crippen molar-refractivity contribution in [3.8, 4) is 11.3 Å². The largest absolute Gasteiger partial charge is 0.454 e. The Hall–Kier alpha value is -3.87. The van der Waals surface area contributed by atoms with Crippen LogP contribution in [-0.4, -0.2) is 40.9 Å². The second-order valence-corrected chi connectivity index (χ2v) is 8.56. The van der Waals surface area contributed by atoms with Crippen molar-refractivity contribution >= 4 is 22.9 Å². The lowest BCUT2D eigenvalue weighted by atomic mass is 10.2. The zero-order valence-electron chi connectivity index (χ0n) is 18.8. The minimum atomic E-state index is -0.304. The van der Waals surface area contributed by atoms with E-state index in [9.17, 15) is 14.0 Å². The highest BCUT2D eigenvalue weighted by atomic mass is 19.1. The summed E-state index contributed by atoms with van der Waals surface area (Å²) in [5.74, 6) is 0.328. The van der Waals surface area contributed by atoms with Gasteiger partial charge in [0.15, 0.2) is 5.58 Å². The highest BCUT2D eigenvalue weighted by Crippen LogP contribution is 2.31. The van der Waals surface area contributed by atoms with Gasteiger partial charge in [0, 0.05) is 50.3 Å². The first-order chi connectivity index (χ1) is 16.6. The van der Waals surface area contributed by atoms with Gasteiger partial charge in [0.25, 0.3) is 5.91 Å². The summed E-state index contributed by atoms with van der Waals surface area (Å²) in [7, 11) is 0. The molecule has 0 radical (unpaired) electrons. The molecular formula is C27H26FN3O3. The van der Waals surface area contributed by atoms with E-state index < -0.39 is 0 Å². The summed E-state index contributed by atoms with van der Waals surface area (Å²) in [6, 6.07) is 19.7. The quantitative estimate of drug-likeness (QED) is 0.384. The number of furan rings is 1. The summed E-state index contributed by atoms with van der Waals surface area (Å²) < 4.78 is 21.3. The molecule has 0 saturated carbocycles. The number of aromatic nitrogens is 1.